The standard InChI is InChI=1S/C7H10N2OS/c1-4-3-6(11)7(10)5(2)9(4)8/h3,5H,8H2,1-2H3. The van der Waals surface area contributed by atoms with E-state index in [4.69, 9.17) is 18.1 Å². The Balaban J connectivity index is 3.01. The zero-order chi connectivity index (χ0) is 8.59. The first kappa shape index (κ1) is 8.36. The zero-order valence-electron chi connectivity index (χ0n) is 6.50. The van der Waals surface area contributed by atoms with E-state index in [1.165, 1.54) is 5.01 Å². The van der Waals surface area contributed by atoms with Crippen molar-refractivity contribution in [1.29, 1.82) is 0 Å². The molecule has 1 unspecified atom stereocenters. The lowest BCUT2D eigenvalue weighted by atomic mass is 10.1. The molecule has 0 aromatic rings. The van der Waals surface area contributed by atoms with Gasteiger partial charge in [0, 0.05) is 5.70 Å². The Bertz CT molecular complexity index is 245. The lowest BCUT2D eigenvalue weighted by Crippen LogP contribution is -2.47. The molecule has 1 heterocycles. The number of hydrogen-bond acceptors (Lipinski definition) is 4. The van der Waals surface area contributed by atoms with Crippen molar-refractivity contribution in [3.63, 3.8) is 0 Å². The highest BCUT2D eigenvalue weighted by atomic mass is 32.1. The molecule has 1 atom stereocenters. The molecule has 1 aliphatic heterocycles. The highest BCUT2D eigenvalue weighted by Crippen LogP contribution is 2.12. The summed E-state index contributed by atoms with van der Waals surface area (Å²) < 4.78 is 0. The van der Waals surface area contributed by atoms with Gasteiger partial charge in [-0.05, 0) is 19.9 Å². The summed E-state index contributed by atoms with van der Waals surface area (Å²) in [7, 11) is 0. The number of allylic oxidation sites excluding steroid dienone is 2. The van der Waals surface area contributed by atoms with Gasteiger partial charge in [0.2, 0.25) is 0 Å². The van der Waals surface area contributed by atoms with Gasteiger partial charge in [0.05, 0.1) is 4.86 Å². The molecule has 0 bridgehead atoms. The van der Waals surface area contributed by atoms with Crippen molar-refractivity contribution in [3.8, 4) is 0 Å². The van der Waals surface area contributed by atoms with Crippen LogP contribution in [0.15, 0.2) is 11.8 Å². The normalized spacial score (nSPS) is 25.5. The smallest absolute Gasteiger partial charge is 0.197 e. The molecule has 0 saturated heterocycles. The van der Waals surface area contributed by atoms with Crippen LogP contribution in [0.4, 0.5) is 0 Å². The predicted molar refractivity (Wildman–Crippen MR) is 46.9 cm³/mol. The number of nitrogens with two attached hydrogens (primary N) is 1. The maximum absolute atomic E-state index is 11.2. The van der Waals surface area contributed by atoms with Crippen molar-refractivity contribution in [2.75, 3.05) is 0 Å². The number of nitrogens with zero attached hydrogens (tertiary/aromatic N) is 1. The number of carbonyl (C=O) groups excluding carboxylic acids is 1. The van der Waals surface area contributed by atoms with Crippen LogP contribution in [0.1, 0.15) is 13.8 Å². The molecule has 0 amide bonds. The largest absolute Gasteiger partial charge is 0.305 e. The molecule has 0 aliphatic carbocycles. The van der Waals surface area contributed by atoms with Crippen molar-refractivity contribution >= 4 is 22.9 Å². The third-order valence-corrected chi connectivity index (χ3v) is 2.11. The summed E-state index contributed by atoms with van der Waals surface area (Å²) >= 11 is 4.83. The molecule has 0 aromatic carbocycles. The number of hydrogen-bond donors (Lipinski definition) is 1. The first-order valence-electron chi connectivity index (χ1n) is 3.34. The van der Waals surface area contributed by atoms with Crippen LogP contribution in [0.2, 0.25) is 0 Å². The van der Waals surface area contributed by atoms with Gasteiger partial charge in [-0.2, -0.15) is 0 Å². The molecular weight excluding hydrogens is 160 g/mol. The van der Waals surface area contributed by atoms with E-state index >= 15 is 0 Å². The summed E-state index contributed by atoms with van der Waals surface area (Å²) in [6, 6.07) is -0.313. The first-order chi connectivity index (χ1) is 5.04. The van der Waals surface area contributed by atoms with Crippen LogP contribution in [-0.2, 0) is 4.79 Å². The van der Waals surface area contributed by atoms with Crippen LogP contribution < -0.4 is 5.84 Å². The fourth-order valence-corrected chi connectivity index (χ4v) is 1.31. The van der Waals surface area contributed by atoms with Crippen LogP contribution in [-0.4, -0.2) is 21.7 Å². The van der Waals surface area contributed by atoms with Crippen molar-refractivity contribution < 1.29 is 4.79 Å². The Morgan fingerprint density at radius 1 is 1.73 bits per heavy atom. The maximum atomic E-state index is 11.2. The number of hydrazine groups is 1. The molecule has 0 spiro atoms. The van der Waals surface area contributed by atoms with Crippen LogP contribution in [0.5, 0.6) is 0 Å². The van der Waals surface area contributed by atoms with E-state index < -0.39 is 0 Å². The molecule has 2 N–H and O–H groups in total. The van der Waals surface area contributed by atoms with Gasteiger partial charge < -0.3 is 5.01 Å². The number of Topliss-reactive ketones (excluding diaryl/α,β-unsaturated/α-hetero) is 1. The molecule has 0 fully saturated rings. The third kappa shape index (κ3) is 1.32. The predicted octanol–water partition coefficient (Wildman–Crippen LogP) is 0.407. The Morgan fingerprint density at radius 3 is 2.82 bits per heavy atom. The number of rotatable bonds is 0. The quantitative estimate of drug-likeness (QED) is 0.422. The Labute approximate surface area is 70.8 Å². The molecule has 1 aliphatic rings. The van der Waals surface area contributed by atoms with Crippen molar-refractivity contribution in [2.45, 2.75) is 19.9 Å². The summed E-state index contributed by atoms with van der Waals surface area (Å²) in [5.41, 5.74) is 0.835. The van der Waals surface area contributed by atoms with Crippen LogP contribution in [0, 0.1) is 0 Å². The van der Waals surface area contributed by atoms with Crippen LogP contribution >= 0.6 is 12.2 Å². The highest BCUT2D eigenvalue weighted by Gasteiger charge is 2.26. The molecule has 3 nitrogen and oxygen atoms in total. The summed E-state index contributed by atoms with van der Waals surface area (Å²) in [6.45, 7) is 3.57. The van der Waals surface area contributed by atoms with E-state index in [1.807, 2.05) is 6.92 Å². The minimum Gasteiger partial charge on any atom is -0.305 e. The highest BCUT2D eigenvalue weighted by molar-refractivity contribution is 7.82. The summed E-state index contributed by atoms with van der Waals surface area (Å²) in [5, 5.41) is 1.43. The van der Waals surface area contributed by atoms with Crippen molar-refractivity contribution in [1.82, 2.24) is 5.01 Å². The molecule has 60 valence electrons. The van der Waals surface area contributed by atoms with Crippen molar-refractivity contribution in [2.24, 2.45) is 5.84 Å². The molecule has 0 radical (unpaired) electrons. The van der Waals surface area contributed by atoms with Crippen LogP contribution in [0.3, 0.4) is 0 Å². The Morgan fingerprint density at radius 2 is 2.27 bits per heavy atom. The van der Waals surface area contributed by atoms with Gasteiger partial charge in [-0.25, -0.2) is 5.84 Å². The van der Waals surface area contributed by atoms with Crippen LogP contribution in [0.25, 0.3) is 0 Å². The summed E-state index contributed by atoms with van der Waals surface area (Å²) in [5.74, 6) is 5.48. The molecule has 0 aromatic heterocycles. The minimum absolute atomic E-state index is 0.0758. The third-order valence-electron chi connectivity index (χ3n) is 1.79. The number of carbonyl (C=O) groups is 1. The van der Waals surface area contributed by atoms with Crippen molar-refractivity contribution in [3.05, 3.63) is 11.8 Å². The SMILES string of the molecule is CC1=CC(=S)C(=O)C(C)N1N. The average Bonchev–Trinajstić information content (AvgIpc) is 1.97. The minimum atomic E-state index is -0.313. The maximum Gasteiger partial charge on any atom is 0.197 e. The van der Waals surface area contributed by atoms with E-state index in [-0.39, 0.29) is 11.8 Å². The van der Waals surface area contributed by atoms with E-state index in [9.17, 15) is 4.79 Å². The lowest BCUT2D eigenvalue weighted by molar-refractivity contribution is -0.116. The van der Waals surface area contributed by atoms with Gasteiger partial charge >= 0.3 is 0 Å². The fraction of sp³-hybridized carbons (Fsp3) is 0.429. The molecule has 4 heteroatoms. The second-order valence-electron chi connectivity index (χ2n) is 2.60. The molecular formula is C7H10N2OS. The lowest BCUT2D eigenvalue weighted by Gasteiger charge is -2.29. The molecule has 11 heavy (non-hydrogen) atoms. The number of ketones is 1. The van der Waals surface area contributed by atoms with Gasteiger partial charge in [-0.3, -0.25) is 4.79 Å². The van der Waals surface area contributed by atoms with E-state index in [1.54, 1.807) is 13.0 Å². The topological polar surface area (TPSA) is 46.3 Å². The first-order valence-corrected chi connectivity index (χ1v) is 3.75. The van der Waals surface area contributed by atoms with E-state index in [0.717, 1.165) is 5.70 Å². The summed E-state index contributed by atoms with van der Waals surface area (Å²) in [6.07, 6.45) is 1.62. The van der Waals surface area contributed by atoms with Gasteiger partial charge in [0.15, 0.2) is 5.78 Å². The second-order valence-corrected chi connectivity index (χ2v) is 3.04. The molecule has 0 saturated carbocycles. The van der Waals surface area contributed by atoms with Gasteiger partial charge in [-0.1, -0.05) is 12.2 Å². The fourth-order valence-electron chi connectivity index (χ4n) is 0.973. The Hall–Kier alpha value is -0.740. The monoisotopic (exact) mass is 170 g/mol. The van der Waals surface area contributed by atoms with Gasteiger partial charge in [-0.15, -0.1) is 0 Å². The average molecular weight is 170 g/mol. The van der Waals surface area contributed by atoms with E-state index in [0.29, 0.717) is 4.86 Å². The molecule has 1 rings (SSSR count). The van der Waals surface area contributed by atoms with Gasteiger partial charge in [0.1, 0.15) is 6.04 Å². The Kier molecular flexibility index (Phi) is 2.06. The van der Waals surface area contributed by atoms with Gasteiger partial charge in [0.25, 0.3) is 0 Å². The van der Waals surface area contributed by atoms with E-state index in [2.05, 4.69) is 0 Å². The number of thiocarbonyl (C=S) groups is 1. The summed E-state index contributed by atoms with van der Waals surface area (Å²) in [4.78, 5) is 11.5. The second kappa shape index (κ2) is 2.71. The zero-order valence-corrected chi connectivity index (χ0v) is 7.31.